The second-order valence-electron chi connectivity index (χ2n) is 7.96. The van der Waals surface area contributed by atoms with Gasteiger partial charge in [0.15, 0.2) is 5.69 Å². The van der Waals surface area contributed by atoms with Crippen molar-refractivity contribution in [2.75, 3.05) is 6.54 Å². The Labute approximate surface area is 186 Å². The first kappa shape index (κ1) is 20.1. The van der Waals surface area contributed by atoms with Crippen molar-refractivity contribution in [1.82, 2.24) is 24.6 Å². The SMILES string of the molecule is Cc1onc2c1c(=O)n([C@H]1CCC[C@@H](CNC(=O)c3csnn3)C1)c1cccc(Cl)c21. The van der Waals surface area contributed by atoms with E-state index in [1.807, 2.05) is 16.7 Å². The normalized spacial score (nSPS) is 19.2. The van der Waals surface area contributed by atoms with Crippen LogP contribution in [-0.4, -0.2) is 31.8 Å². The highest BCUT2D eigenvalue weighted by atomic mass is 35.5. The number of benzene rings is 1. The second kappa shape index (κ2) is 8.05. The number of pyridine rings is 1. The van der Waals surface area contributed by atoms with Crippen molar-refractivity contribution in [1.29, 1.82) is 0 Å². The Morgan fingerprint density at radius 1 is 1.35 bits per heavy atom. The van der Waals surface area contributed by atoms with Gasteiger partial charge in [0, 0.05) is 23.4 Å². The lowest BCUT2D eigenvalue weighted by molar-refractivity contribution is 0.0935. The van der Waals surface area contributed by atoms with Gasteiger partial charge >= 0.3 is 0 Å². The molecule has 1 amide bonds. The summed E-state index contributed by atoms with van der Waals surface area (Å²) in [5.41, 5.74) is 1.51. The third-order valence-corrected chi connectivity index (χ3v) is 6.87. The van der Waals surface area contributed by atoms with Crippen molar-refractivity contribution in [2.24, 2.45) is 5.92 Å². The molecular formula is C21H20ClN5O3S. The van der Waals surface area contributed by atoms with E-state index < -0.39 is 0 Å². The summed E-state index contributed by atoms with van der Waals surface area (Å²) in [6.45, 7) is 2.28. The zero-order valence-electron chi connectivity index (χ0n) is 16.8. The molecule has 8 nitrogen and oxygen atoms in total. The van der Waals surface area contributed by atoms with E-state index in [-0.39, 0.29) is 23.4 Å². The number of carbonyl (C=O) groups excluding carboxylic acids is 1. The van der Waals surface area contributed by atoms with Gasteiger partial charge in [-0.15, -0.1) is 5.10 Å². The van der Waals surface area contributed by atoms with E-state index in [9.17, 15) is 9.59 Å². The highest BCUT2D eigenvalue weighted by molar-refractivity contribution is 7.03. The van der Waals surface area contributed by atoms with Gasteiger partial charge in [-0.05, 0) is 55.8 Å². The Bertz CT molecular complexity index is 1330. The molecule has 1 aromatic carbocycles. The van der Waals surface area contributed by atoms with Crippen molar-refractivity contribution < 1.29 is 9.32 Å². The molecule has 0 saturated heterocycles. The summed E-state index contributed by atoms with van der Waals surface area (Å²) in [5.74, 6) is 0.536. The van der Waals surface area contributed by atoms with E-state index in [0.29, 0.717) is 33.9 Å². The summed E-state index contributed by atoms with van der Waals surface area (Å²) in [7, 11) is 0. The van der Waals surface area contributed by atoms with E-state index in [1.165, 1.54) is 0 Å². The molecule has 5 rings (SSSR count). The van der Waals surface area contributed by atoms with Gasteiger partial charge in [-0.2, -0.15) is 0 Å². The molecule has 2 atom stereocenters. The van der Waals surface area contributed by atoms with Crippen LogP contribution in [0.4, 0.5) is 0 Å². The second-order valence-corrected chi connectivity index (χ2v) is 8.98. The zero-order valence-corrected chi connectivity index (χ0v) is 18.4. The summed E-state index contributed by atoms with van der Waals surface area (Å²) in [6, 6.07) is 5.56. The first-order valence-corrected chi connectivity index (χ1v) is 11.4. The molecule has 0 aliphatic heterocycles. The van der Waals surface area contributed by atoms with Crippen molar-refractivity contribution in [3.63, 3.8) is 0 Å². The lowest BCUT2D eigenvalue weighted by Gasteiger charge is -2.31. The van der Waals surface area contributed by atoms with Crippen LogP contribution in [0.15, 0.2) is 32.9 Å². The molecule has 3 heterocycles. The van der Waals surface area contributed by atoms with Crippen LogP contribution in [-0.2, 0) is 0 Å². The van der Waals surface area contributed by atoms with Crippen molar-refractivity contribution in [3.05, 3.63) is 50.4 Å². The predicted molar refractivity (Wildman–Crippen MR) is 119 cm³/mol. The number of carbonyl (C=O) groups is 1. The van der Waals surface area contributed by atoms with Crippen LogP contribution in [0.3, 0.4) is 0 Å². The molecule has 1 fully saturated rings. The quantitative estimate of drug-likeness (QED) is 0.494. The minimum atomic E-state index is -0.216. The predicted octanol–water partition coefficient (Wildman–Crippen LogP) is 4.12. The number of aryl methyl sites for hydroxylation is 1. The van der Waals surface area contributed by atoms with Crippen LogP contribution >= 0.6 is 23.1 Å². The fourth-order valence-electron chi connectivity index (χ4n) is 4.61. The number of hydrogen-bond donors (Lipinski definition) is 1. The van der Waals surface area contributed by atoms with E-state index >= 15 is 0 Å². The topological polar surface area (TPSA) is 103 Å². The van der Waals surface area contributed by atoms with E-state index in [1.54, 1.807) is 18.4 Å². The molecule has 0 spiro atoms. The Balaban J connectivity index is 1.49. The van der Waals surface area contributed by atoms with Crippen molar-refractivity contribution in [3.8, 4) is 0 Å². The average Bonchev–Trinajstić information content (AvgIpc) is 3.43. The van der Waals surface area contributed by atoms with Gasteiger partial charge in [-0.3, -0.25) is 9.59 Å². The summed E-state index contributed by atoms with van der Waals surface area (Å²) in [6.07, 6.45) is 3.64. The molecule has 1 aliphatic rings. The Morgan fingerprint density at radius 3 is 3.03 bits per heavy atom. The van der Waals surface area contributed by atoms with Crippen LogP contribution in [0, 0.1) is 12.8 Å². The Morgan fingerprint density at radius 2 is 2.23 bits per heavy atom. The summed E-state index contributed by atoms with van der Waals surface area (Å²) < 4.78 is 10.9. The molecule has 1 saturated carbocycles. The molecule has 0 unspecified atom stereocenters. The van der Waals surface area contributed by atoms with Gasteiger partial charge in [0.05, 0.1) is 10.5 Å². The zero-order chi connectivity index (χ0) is 21.5. The maximum atomic E-state index is 13.5. The van der Waals surface area contributed by atoms with Crippen LogP contribution in [0.25, 0.3) is 21.8 Å². The first-order chi connectivity index (χ1) is 15.0. The third-order valence-electron chi connectivity index (χ3n) is 6.05. The molecule has 3 aromatic heterocycles. The minimum Gasteiger partial charge on any atom is -0.360 e. The van der Waals surface area contributed by atoms with Gasteiger partial charge < -0.3 is 14.4 Å². The number of nitrogens with one attached hydrogen (secondary N) is 1. The molecule has 160 valence electrons. The Hall–Kier alpha value is -2.78. The average molecular weight is 458 g/mol. The van der Waals surface area contributed by atoms with Gasteiger partial charge in [0.1, 0.15) is 16.7 Å². The van der Waals surface area contributed by atoms with Gasteiger partial charge in [0.2, 0.25) is 0 Å². The molecule has 0 radical (unpaired) electrons. The van der Waals surface area contributed by atoms with Crippen molar-refractivity contribution >= 4 is 50.8 Å². The smallest absolute Gasteiger partial charge is 0.272 e. The highest BCUT2D eigenvalue weighted by Crippen LogP contribution is 2.36. The fraction of sp³-hybridized carbons (Fsp3) is 0.381. The number of amides is 1. The minimum absolute atomic E-state index is 0.00348. The van der Waals surface area contributed by atoms with Gasteiger partial charge in [0.25, 0.3) is 11.5 Å². The monoisotopic (exact) mass is 457 g/mol. The summed E-state index contributed by atoms with van der Waals surface area (Å²) >= 11 is 7.67. The van der Waals surface area contributed by atoms with Crippen LogP contribution < -0.4 is 10.9 Å². The fourth-order valence-corrected chi connectivity index (χ4v) is 5.30. The number of fused-ring (bicyclic) bond motifs is 3. The van der Waals surface area contributed by atoms with Crippen molar-refractivity contribution in [2.45, 2.75) is 38.6 Å². The molecule has 31 heavy (non-hydrogen) atoms. The highest BCUT2D eigenvalue weighted by Gasteiger charge is 2.28. The molecule has 4 aromatic rings. The summed E-state index contributed by atoms with van der Waals surface area (Å²) in [4.78, 5) is 25.7. The van der Waals surface area contributed by atoms with Gasteiger partial charge in [-0.25, -0.2) is 0 Å². The van der Waals surface area contributed by atoms with E-state index in [2.05, 4.69) is 20.1 Å². The number of rotatable bonds is 4. The van der Waals surface area contributed by atoms with E-state index in [4.69, 9.17) is 16.1 Å². The number of nitrogens with zero attached hydrogens (tertiary/aromatic N) is 4. The van der Waals surface area contributed by atoms with Gasteiger partial charge in [-0.1, -0.05) is 33.7 Å². The lowest BCUT2D eigenvalue weighted by Crippen LogP contribution is -2.35. The van der Waals surface area contributed by atoms with Crippen LogP contribution in [0.5, 0.6) is 0 Å². The molecule has 10 heteroatoms. The maximum absolute atomic E-state index is 13.5. The summed E-state index contributed by atoms with van der Waals surface area (Å²) in [5, 5.41) is 14.3. The standard InChI is InChI=1S/C21H20ClN5O3S/c1-11-17-19(25-30-11)18-14(22)6-3-7-16(18)27(21(17)29)13-5-2-4-12(8-13)9-23-20(28)15-10-31-26-24-15/h3,6-7,10,12-13H,2,4-5,8-9H2,1H3,(H,23,28)/t12-,13+/m1/s1. The van der Waals surface area contributed by atoms with Crippen LogP contribution in [0.1, 0.15) is 48.0 Å². The molecule has 0 bridgehead atoms. The number of aromatic nitrogens is 4. The number of hydrogen-bond acceptors (Lipinski definition) is 7. The molecule has 1 aliphatic carbocycles. The van der Waals surface area contributed by atoms with E-state index in [0.717, 1.165) is 48.1 Å². The molecular weight excluding hydrogens is 438 g/mol. The lowest BCUT2D eigenvalue weighted by atomic mass is 9.85. The van der Waals surface area contributed by atoms with Crippen LogP contribution in [0.2, 0.25) is 5.02 Å². The largest absolute Gasteiger partial charge is 0.360 e. The third kappa shape index (κ3) is 3.51. The Kier molecular flexibility index (Phi) is 5.23. The number of halogens is 1. The first-order valence-electron chi connectivity index (χ1n) is 10.2. The molecule has 1 N–H and O–H groups in total. The maximum Gasteiger partial charge on any atom is 0.272 e.